The standard InChI is InChI=1S/C20H24FN3O2.HI/c1-13-8-15-9-18(25-3)16(10-19(15)26-13)12-24-20(22-2)23-11-14-6-4-5-7-17(14)21;/h4-7,9-10,13H,8,11-12H2,1-3H3,(H2,22,23,24);1H. The molecule has 0 aliphatic carbocycles. The van der Waals surface area contributed by atoms with Gasteiger partial charge in [0.1, 0.15) is 23.4 Å². The second-order valence-electron chi connectivity index (χ2n) is 6.28. The first-order valence-corrected chi connectivity index (χ1v) is 8.65. The highest BCUT2D eigenvalue weighted by Crippen LogP contribution is 2.34. The first-order valence-electron chi connectivity index (χ1n) is 8.65. The number of rotatable bonds is 5. The molecular weight excluding hydrogens is 460 g/mol. The molecule has 2 aromatic carbocycles. The van der Waals surface area contributed by atoms with Crippen molar-refractivity contribution < 1.29 is 13.9 Å². The average molecular weight is 485 g/mol. The predicted molar refractivity (Wildman–Crippen MR) is 116 cm³/mol. The maximum Gasteiger partial charge on any atom is 0.191 e. The van der Waals surface area contributed by atoms with Gasteiger partial charge in [-0.15, -0.1) is 24.0 Å². The van der Waals surface area contributed by atoms with E-state index < -0.39 is 0 Å². The quantitative estimate of drug-likeness (QED) is 0.386. The minimum absolute atomic E-state index is 0. The van der Waals surface area contributed by atoms with E-state index in [2.05, 4.69) is 22.5 Å². The molecule has 0 spiro atoms. The highest BCUT2D eigenvalue weighted by molar-refractivity contribution is 14.0. The number of hydrogen-bond donors (Lipinski definition) is 2. The second kappa shape index (κ2) is 9.77. The van der Waals surface area contributed by atoms with Crippen LogP contribution < -0.4 is 20.1 Å². The van der Waals surface area contributed by atoms with E-state index in [1.165, 1.54) is 11.6 Å². The summed E-state index contributed by atoms with van der Waals surface area (Å²) in [5.41, 5.74) is 2.74. The lowest BCUT2D eigenvalue weighted by Crippen LogP contribution is -2.36. The van der Waals surface area contributed by atoms with Crippen molar-refractivity contribution >= 4 is 29.9 Å². The third kappa shape index (κ3) is 5.24. The summed E-state index contributed by atoms with van der Waals surface area (Å²) < 4.78 is 25.1. The molecule has 7 heteroatoms. The minimum Gasteiger partial charge on any atom is -0.496 e. The zero-order valence-corrected chi connectivity index (χ0v) is 18.0. The molecule has 0 fully saturated rings. The van der Waals surface area contributed by atoms with Crippen molar-refractivity contribution in [3.63, 3.8) is 0 Å². The normalized spacial score (nSPS) is 15.4. The van der Waals surface area contributed by atoms with Crippen LogP contribution in [-0.2, 0) is 19.5 Å². The Hall–Kier alpha value is -2.03. The summed E-state index contributed by atoms with van der Waals surface area (Å²) in [4.78, 5) is 4.19. The molecule has 146 valence electrons. The van der Waals surface area contributed by atoms with Crippen molar-refractivity contribution in [2.45, 2.75) is 32.5 Å². The number of methoxy groups -OCH3 is 1. The van der Waals surface area contributed by atoms with E-state index in [0.29, 0.717) is 24.6 Å². The van der Waals surface area contributed by atoms with Crippen molar-refractivity contribution in [3.8, 4) is 11.5 Å². The van der Waals surface area contributed by atoms with E-state index in [4.69, 9.17) is 9.47 Å². The number of nitrogens with one attached hydrogen (secondary N) is 2. The van der Waals surface area contributed by atoms with E-state index >= 15 is 0 Å². The average Bonchev–Trinajstić information content (AvgIpc) is 3.01. The second-order valence-corrected chi connectivity index (χ2v) is 6.28. The van der Waals surface area contributed by atoms with Gasteiger partial charge >= 0.3 is 0 Å². The van der Waals surface area contributed by atoms with Crippen molar-refractivity contribution in [1.82, 2.24) is 10.6 Å². The number of ether oxygens (including phenoxy) is 2. The zero-order chi connectivity index (χ0) is 18.5. The van der Waals surface area contributed by atoms with E-state index in [9.17, 15) is 4.39 Å². The van der Waals surface area contributed by atoms with Crippen LogP contribution in [0.15, 0.2) is 41.4 Å². The highest BCUT2D eigenvalue weighted by atomic mass is 127. The summed E-state index contributed by atoms with van der Waals surface area (Å²) in [7, 11) is 3.34. The number of nitrogens with zero attached hydrogens (tertiary/aromatic N) is 1. The first-order chi connectivity index (χ1) is 12.6. The van der Waals surface area contributed by atoms with Crippen LogP contribution in [0, 0.1) is 5.82 Å². The molecule has 0 bridgehead atoms. The van der Waals surface area contributed by atoms with E-state index in [0.717, 1.165) is 23.5 Å². The van der Waals surface area contributed by atoms with Crippen molar-refractivity contribution in [2.75, 3.05) is 14.2 Å². The van der Waals surface area contributed by atoms with Crippen molar-refractivity contribution in [2.24, 2.45) is 4.99 Å². The SMILES string of the molecule is CN=C(NCc1ccccc1F)NCc1cc2c(cc1OC)CC(C)O2.I. The van der Waals surface area contributed by atoms with Gasteiger partial charge in [-0.05, 0) is 25.1 Å². The van der Waals surface area contributed by atoms with Gasteiger partial charge in [-0.2, -0.15) is 0 Å². The lowest BCUT2D eigenvalue weighted by molar-refractivity contribution is 0.254. The van der Waals surface area contributed by atoms with Crippen molar-refractivity contribution in [3.05, 3.63) is 58.9 Å². The first kappa shape index (κ1) is 21.3. The van der Waals surface area contributed by atoms with Gasteiger partial charge in [0, 0.05) is 43.2 Å². The molecule has 1 unspecified atom stereocenters. The summed E-state index contributed by atoms with van der Waals surface area (Å²) in [6.07, 6.45) is 1.08. The smallest absolute Gasteiger partial charge is 0.191 e. The largest absolute Gasteiger partial charge is 0.496 e. The van der Waals surface area contributed by atoms with Crippen LogP contribution in [0.25, 0.3) is 0 Å². The van der Waals surface area contributed by atoms with Gasteiger partial charge in [0.25, 0.3) is 0 Å². The van der Waals surface area contributed by atoms with Gasteiger partial charge < -0.3 is 20.1 Å². The molecule has 2 N–H and O–H groups in total. The van der Waals surface area contributed by atoms with Crippen LogP contribution in [0.3, 0.4) is 0 Å². The van der Waals surface area contributed by atoms with Gasteiger partial charge in [-0.25, -0.2) is 4.39 Å². The van der Waals surface area contributed by atoms with Gasteiger partial charge in [0.2, 0.25) is 0 Å². The lowest BCUT2D eigenvalue weighted by Gasteiger charge is -2.15. The summed E-state index contributed by atoms with van der Waals surface area (Å²) in [6, 6.07) is 10.7. The summed E-state index contributed by atoms with van der Waals surface area (Å²) in [6.45, 7) is 2.93. The Morgan fingerprint density at radius 2 is 1.93 bits per heavy atom. The van der Waals surface area contributed by atoms with Gasteiger partial charge in [0.15, 0.2) is 5.96 Å². The monoisotopic (exact) mass is 485 g/mol. The fourth-order valence-corrected chi connectivity index (χ4v) is 3.03. The molecule has 1 aliphatic heterocycles. The fourth-order valence-electron chi connectivity index (χ4n) is 3.03. The van der Waals surface area contributed by atoms with Crippen LogP contribution in [0.4, 0.5) is 4.39 Å². The zero-order valence-electron chi connectivity index (χ0n) is 15.7. The Bertz CT molecular complexity index is 814. The molecule has 1 aliphatic rings. The highest BCUT2D eigenvalue weighted by Gasteiger charge is 2.21. The maximum absolute atomic E-state index is 13.7. The Morgan fingerprint density at radius 3 is 2.59 bits per heavy atom. The summed E-state index contributed by atoms with van der Waals surface area (Å²) in [5.74, 6) is 2.08. The van der Waals surface area contributed by atoms with E-state index in [1.54, 1.807) is 26.3 Å². The van der Waals surface area contributed by atoms with Crippen LogP contribution >= 0.6 is 24.0 Å². The molecule has 0 amide bonds. The number of halogens is 2. The number of hydrogen-bond acceptors (Lipinski definition) is 3. The summed E-state index contributed by atoms with van der Waals surface area (Å²) >= 11 is 0. The minimum atomic E-state index is -0.234. The molecule has 3 rings (SSSR count). The topological polar surface area (TPSA) is 54.9 Å². The van der Waals surface area contributed by atoms with Gasteiger partial charge in [-0.1, -0.05) is 18.2 Å². The van der Waals surface area contributed by atoms with Crippen LogP contribution in [-0.4, -0.2) is 26.2 Å². The lowest BCUT2D eigenvalue weighted by atomic mass is 10.1. The van der Waals surface area contributed by atoms with Crippen molar-refractivity contribution in [1.29, 1.82) is 0 Å². The van der Waals surface area contributed by atoms with Crippen LogP contribution in [0.1, 0.15) is 23.6 Å². The molecule has 0 aromatic heterocycles. The Morgan fingerprint density at radius 1 is 1.22 bits per heavy atom. The molecule has 1 heterocycles. The summed E-state index contributed by atoms with van der Waals surface area (Å²) in [5, 5.41) is 6.35. The maximum atomic E-state index is 13.7. The van der Waals surface area contributed by atoms with Gasteiger partial charge in [0.05, 0.1) is 7.11 Å². The number of aliphatic imine (C=N–C) groups is 1. The Labute approximate surface area is 176 Å². The Balaban J connectivity index is 0.00000261. The molecule has 0 saturated carbocycles. The third-order valence-corrected chi connectivity index (χ3v) is 4.37. The molecule has 2 aromatic rings. The third-order valence-electron chi connectivity index (χ3n) is 4.37. The fraction of sp³-hybridized carbons (Fsp3) is 0.350. The number of fused-ring (bicyclic) bond motifs is 1. The van der Waals surface area contributed by atoms with Crippen LogP contribution in [0.5, 0.6) is 11.5 Å². The Kier molecular flexibility index (Phi) is 7.70. The predicted octanol–water partition coefficient (Wildman–Crippen LogP) is 3.64. The van der Waals surface area contributed by atoms with E-state index in [1.807, 2.05) is 18.2 Å². The van der Waals surface area contributed by atoms with E-state index in [-0.39, 0.29) is 35.9 Å². The molecule has 27 heavy (non-hydrogen) atoms. The molecular formula is C20H25FIN3O2. The number of benzene rings is 2. The molecule has 1 atom stereocenters. The van der Waals surface area contributed by atoms with Gasteiger partial charge in [-0.3, -0.25) is 4.99 Å². The van der Waals surface area contributed by atoms with Crippen LogP contribution in [0.2, 0.25) is 0 Å². The molecule has 0 saturated heterocycles. The molecule has 0 radical (unpaired) electrons. The molecule has 5 nitrogen and oxygen atoms in total. The number of guanidine groups is 1.